The quantitative estimate of drug-likeness (QED) is 0.188. The molecule has 3 heteroatoms. The van der Waals surface area contributed by atoms with Crippen molar-refractivity contribution in [2.75, 3.05) is 9.80 Å². The number of hydrogen-bond acceptors (Lipinski definition) is 3. The minimum atomic E-state index is -0.0930. The zero-order chi connectivity index (χ0) is 32.5. The van der Waals surface area contributed by atoms with Crippen LogP contribution in [0.4, 0.5) is 34.1 Å². The van der Waals surface area contributed by atoms with E-state index in [0.717, 1.165) is 0 Å². The molecule has 0 unspecified atom stereocenters. The van der Waals surface area contributed by atoms with Crippen molar-refractivity contribution in [1.82, 2.24) is 0 Å². The lowest BCUT2D eigenvalue weighted by molar-refractivity contribution is 0.632. The number of anilines is 6. The average Bonchev–Trinajstić information content (AvgIpc) is 3.50. The summed E-state index contributed by atoms with van der Waals surface area (Å²) in [5, 5.41) is 2.60. The fraction of sp³-hybridized carbons (Fsp3) is 0.182. The zero-order valence-electron chi connectivity index (χ0n) is 28.0. The molecule has 232 valence electrons. The van der Waals surface area contributed by atoms with Crippen molar-refractivity contribution in [1.29, 1.82) is 0 Å². The van der Waals surface area contributed by atoms with Gasteiger partial charge in [-0.15, -0.1) is 11.3 Å². The highest BCUT2D eigenvalue weighted by molar-refractivity contribution is 7.26. The van der Waals surface area contributed by atoms with Crippen LogP contribution in [0.2, 0.25) is 0 Å². The largest absolute Gasteiger partial charge is 0.309 e. The van der Waals surface area contributed by atoms with Crippen molar-refractivity contribution in [3.8, 4) is 0 Å². The third-order valence-corrected chi connectivity index (χ3v) is 11.4. The van der Waals surface area contributed by atoms with Crippen LogP contribution in [0.1, 0.15) is 63.8 Å². The van der Waals surface area contributed by atoms with E-state index in [1.54, 1.807) is 0 Å². The lowest BCUT2D eigenvalue weighted by Crippen LogP contribution is -2.30. The van der Waals surface area contributed by atoms with Gasteiger partial charge in [0.05, 0.1) is 38.8 Å². The number of hydrogen-bond donors (Lipinski definition) is 0. The highest BCUT2D eigenvalue weighted by atomic mass is 32.1. The van der Waals surface area contributed by atoms with Gasteiger partial charge in [-0.25, -0.2) is 0 Å². The minimum Gasteiger partial charge on any atom is -0.309 e. The van der Waals surface area contributed by atoms with Gasteiger partial charge in [0.15, 0.2) is 0 Å². The van der Waals surface area contributed by atoms with E-state index in [-0.39, 0.29) is 10.8 Å². The Labute approximate surface area is 282 Å². The molecule has 0 amide bonds. The Morgan fingerprint density at radius 3 is 1.23 bits per heavy atom. The number of fused-ring (bicyclic) bond motifs is 7. The SMILES string of the molecule is CC.CC1(C)c2ccccc2N(c2cccc3c2sc2cccc(N4c5ccccc5C(C)(C)c5ccccc54)c23)c2ccccc21. The van der Waals surface area contributed by atoms with Gasteiger partial charge in [0.25, 0.3) is 0 Å². The van der Waals surface area contributed by atoms with E-state index >= 15 is 0 Å². The van der Waals surface area contributed by atoms with E-state index in [4.69, 9.17) is 0 Å². The van der Waals surface area contributed by atoms with Gasteiger partial charge in [0, 0.05) is 26.3 Å². The Morgan fingerprint density at radius 2 is 0.766 bits per heavy atom. The molecule has 2 aliphatic heterocycles. The van der Waals surface area contributed by atoms with Crippen molar-refractivity contribution >= 4 is 65.6 Å². The summed E-state index contributed by atoms with van der Waals surface area (Å²) in [7, 11) is 0. The molecule has 0 saturated heterocycles. The second kappa shape index (κ2) is 10.9. The summed E-state index contributed by atoms with van der Waals surface area (Å²) < 4.78 is 2.61. The molecule has 0 bridgehead atoms. The Hall–Kier alpha value is -4.86. The zero-order valence-corrected chi connectivity index (χ0v) is 28.8. The topological polar surface area (TPSA) is 6.48 Å². The van der Waals surface area contributed by atoms with E-state index < -0.39 is 0 Å². The second-order valence-corrected chi connectivity index (χ2v) is 14.4. The highest BCUT2D eigenvalue weighted by Crippen LogP contribution is 2.57. The lowest BCUT2D eigenvalue weighted by atomic mass is 9.73. The summed E-state index contributed by atoms with van der Waals surface area (Å²) in [6, 6.07) is 49.4. The molecule has 0 spiro atoms. The Morgan fingerprint density at radius 1 is 0.404 bits per heavy atom. The molecular weight excluding hydrogens is 589 g/mol. The van der Waals surface area contributed by atoms with E-state index in [0.29, 0.717) is 0 Å². The van der Waals surface area contributed by atoms with Crippen molar-refractivity contribution in [3.05, 3.63) is 156 Å². The van der Waals surface area contributed by atoms with Crippen LogP contribution in [-0.2, 0) is 10.8 Å². The molecule has 0 aliphatic carbocycles. The van der Waals surface area contributed by atoms with Gasteiger partial charge in [0.1, 0.15) is 0 Å². The normalized spacial score (nSPS) is 15.3. The van der Waals surface area contributed by atoms with Crippen LogP contribution in [0, 0.1) is 0 Å². The van der Waals surface area contributed by atoms with Crippen LogP contribution < -0.4 is 9.80 Å². The summed E-state index contributed by atoms with van der Waals surface area (Å²) in [4.78, 5) is 5.01. The summed E-state index contributed by atoms with van der Waals surface area (Å²) in [6.07, 6.45) is 0. The van der Waals surface area contributed by atoms with Crippen molar-refractivity contribution < 1.29 is 0 Å². The monoisotopic (exact) mass is 628 g/mol. The average molecular weight is 629 g/mol. The van der Waals surface area contributed by atoms with Gasteiger partial charge in [0.2, 0.25) is 0 Å². The van der Waals surface area contributed by atoms with Gasteiger partial charge in [-0.3, -0.25) is 0 Å². The first-order valence-electron chi connectivity index (χ1n) is 16.8. The smallest absolute Gasteiger partial charge is 0.0640 e. The summed E-state index contributed by atoms with van der Waals surface area (Å²) >= 11 is 1.90. The predicted octanol–water partition coefficient (Wildman–Crippen LogP) is 13.3. The Balaban J connectivity index is 0.00000159. The van der Waals surface area contributed by atoms with Gasteiger partial charge >= 0.3 is 0 Å². The standard InChI is InChI=1S/C42H34N2S.C2H6/c1-41(2)28-16-5-9-20-32(28)43(33-21-10-6-17-29(33)41)36-24-14-26-38-39(36)27-15-13-25-37(40(27)45-38)44-34-22-11-7-18-30(34)42(3,4)31-19-8-12-23-35(31)44;1-2/h5-26H,1-4H3;1-2H3. The molecule has 0 fully saturated rings. The van der Waals surface area contributed by atoms with E-state index in [1.807, 2.05) is 25.2 Å². The van der Waals surface area contributed by atoms with E-state index in [2.05, 4.69) is 171 Å². The lowest BCUT2D eigenvalue weighted by Gasteiger charge is -2.42. The summed E-state index contributed by atoms with van der Waals surface area (Å²) in [6.45, 7) is 13.4. The Kier molecular flexibility index (Phi) is 6.82. The van der Waals surface area contributed by atoms with Crippen LogP contribution in [0.3, 0.4) is 0 Å². The van der Waals surface area contributed by atoms with Gasteiger partial charge in [-0.1, -0.05) is 133 Å². The van der Waals surface area contributed by atoms with Crippen molar-refractivity contribution in [2.45, 2.75) is 52.4 Å². The van der Waals surface area contributed by atoms with Gasteiger partial charge in [-0.05, 0) is 64.7 Å². The maximum atomic E-state index is 2.51. The van der Waals surface area contributed by atoms with Crippen LogP contribution in [-0.4, -0.2) is 0 Å². The second-order valence-electron chi connectivity index (χ2n) is 13.4. The molecule has 0 atom stereocenters. The Bertz CT molecular complexity index is 2210. The third-order valence-electron chi connectivity index (χ3n) is 10.2. The molecular formula is C44H40N2S. The van der Waals surface area contributed by atoms with Crippen molar-refractivity contribution in [3.63, 3.8) is 0 Å². The van der Waals surface area contributed by atoms with Crippen molar-refractivity contribution in [2.24, 2.45) is 0 Å². The minimum absolute atomic E-state index is 0.0895. The molecule has 7 aromatic rings. The first-order chi connectivity index (χ1) is 22.9. The molecule has 6 aromatic carbocycles. The number of rotatable bonds is 2. The molecule has 2 aliphatic rings. The van der Waals surface area contributed by atoms with E-state index in [1.165, 1.54) is 76.6 Å². The molecule has 9 rings (SSSR count). The number of para-hydroxylation sites is 4. The fourth-order valence-corrected chi connectivity index (χ4v) is 9.26. The van der Waals surface area contributed by atoms with Gasteiger partial charge in [-0.2, -0.15) is 0 Å². The molecule has 0 N–H and O–H groups in total. The molecule has 3 heterocycles. The van der Waals surface area contributed by atoms with Crippen LogP contribution >= 0.6 is 11.3 Å². The molecule has 0 radical (unpaired) electrons. The fourth-order valence-electron chi connectivity index (χ4n) is 8.03. The van der Waals surface area contributed by atoms with Crippen LogP contribution in [0.25, 0.3) is 20.2 Å². The first kappa shape index (κ1) is 29.5. The van der Waals surface area contributed by atoms with Crippen LogP contribution in [0.5, 0.6) is 0 Å². The summed E-state index contributed by atoms with van der Waals surface area (Å²) in [5.74, 6) is 0. The van der Waals surface area contributed by atoms with E-state index in [9.17, 15) is 0 Å². The number of benzene rings is 6. The molecule has 47 heavy (non-hydrogen) atoms. The number of nitrogens with zero attached hydrogens (tertiary/aromatic N) is 2. The number of thiophene rings is 1. The van der Waals surface area contributed by atoms with Gasteiger partial charge < -0.3 is 9.80 Å². The molecule has 2 nitrogen and oxygen atoms in total. The molecule has 0 saturated carbocycles. The summed E-state index contributed by atoms with van der Waals surface area (Å²) in [5.41, 5.74) is 12.7. The highest BCUT2D eigenvalue weighted by Gasteiger charge is 2.39. The maximum absolute atomic E-state index is 2.51. The predicted molar refractivity (Wildman–Crippen MR) is 204 cm³/mol. The molecule has 1 aromatic heterocycles. The first-order valence-corrected chi connectivity index (χ1v) is 17.6. The van der Waals surface area contributed by atoms with Crippen LogP contribution in [0.15, 0.2) is 133 Å². The third kappa shape index (κ3) is 4.16. The maximum Gasteiger partial charge on any atom is 0.0640 e.